The summed E-state index contributed by atoms with van der Waals surface area (Å²) < 4.78 is 11.3. The number of furan rings is 1. The molecule has 1 amide bonds. The van der Waals surface area contributed by atoms with Gasteiger partial charge in [-0.3, -0.25) is 4.79 Å². The van der Waals surface area contributed by atoms with Crippen LogP contribution in [0, 0.1) is 5.41 Å². The second-order valence-electron chi connectivity index (χ2n) is 8.04. The van der Waals surface area contributed by atoms with Crippen molar-refractivity contribution in [1.29, 1.82) is 5.41 Å². The van der Waals surface area contributed by atoms with E-state index in [0.29, 0.717) is 34.1 Å². The van der Waals surface area contributed by atoms with Crippen molar-refractivity contribution >= 4 is 40.3 Å². The van der Waals surface area contributed by atoms with Crippen molar-refractivity contribution in [3.63, 3.8) is 0 Å². The zero-order valence-corrected chi connectivity index (χ0v) is 19.4. The Kier molecular flexibility index (Phi) is 7.06. The van der Waals surface area contributed by atoms with E-state index in [9.17, 15) is 4.79 Å². The highest BCUT2D eigenvalue weighted by Gasteiger charge is 2.14. The van der Waals surface area contributed by atoms with E-state index in [0.717, 1.165) is 16.8 Å². The molecule has 0 unspecified atom stereocenters. The minimum absolute atomic E-state index is 0.0461. The van der Waals surface area contributed by atoms with Crippen LogP contribution in [0.3, 0.4) is 0 Å². The van der Waals surface area contributed by atoms with E-state index in [-0.39, 0.29) is 18.6 Å². The lowest BCUT2D eigenvalue weighted by atomic mass is 10.1. The summed E-state index contributed by atoms with van der Waals surface area (Å²) in [4.78, 5) is 21.2. The van der Waals surface area contributed by atoms with Crippen LogP contribution in [-0.4, -0.2) is 34.7 Å². The van der Waals surface area contributed by atoms with Crippen molar-refractivity contribution in [3.8, 4) is 17.1 Å². The summed E-state index contributed by atoms with van der Waals surface area (Å²) in [5.41, 5.74) is 9.72. The summed E-state index contributed by atoms with van der Waals surface area (Å²) in [5, 5.41) is 13.5. The van der Waals surface area contributed by atoms with E-state index in [4.69, 9.17) is 20.3 Å². The largest absolute Gasteiger partial charge is 0.484 e. The molecular formula is C26H26N6O3. The summed E-state index contributed by atoms with van der Waals surface area (Å²) in [6.07, 6.45) is 4.17. The fourth-order valence-corrected chi connectivity index (χ4v) is 3.43. The van der Waals surface area contributed by atoms with Gasteiger partial charge in [0.1, 0.15) is 11.3 Å². The van der Waals surface area contributed by atoms with Gasteiger partial charge in [0, 0.05) is 41.3 Å². The second-order valence-corrected chi connectivity index (χ2v) is 8.04. The molecule has 4 aromatic rings. The fraction of sp³-hybridized carbons (Fsp3) is 0.154. The number of nitrogens with one attached hydrogen (secondary N) is 3. The van der Waals surface area contributed by atoms with E-state index in [1.807, 2.05) is 50.2 Å². The predicted octanol–water partition coefficient (Wildman–Crippen LogP) is 4.49. The number of amides is 1. The number of carbonyl (C=O) groups is 1. The van der Waals surface area contributed by atoms with Crippen LogP contribution in [0.1, 0.15) is 19.4 Å². The molecule has 9 nitrogen and oxygen atoms in total. The van der Waals surface area contributed by atoms with Crippen LogP contribution in [0.15, 0.2) is 71.5 Å². The van der Waals surface area contributed by atoms with Crippen molar-refractivity contribution in [2.45, 2.75) is 19.9 Å². The van der Waals surface area contributed by atoms with E-state index >= 15 is 0 Å². The topological polar surface area (TPSA) is 139 Å². The number of carbonyl (C=O) groups excluding carboxylic acids is 1. The molecule has 5 N–H and O–H groups in total. The molecule has 178 valence electrons. The molecule has 9 heteroatoms. The summed E-state index contributed by atoms with van der Waals surface area (Å²) in [5.74, 6) is 1.34. The molecule has 0 fully saturated rings. The van der Waals surface area contributed by atoms with Crippen LogP contribution in [0.4, 0.5) is 11.5 Å². The first-order valence-electron chi connectivity index (χ1n) is 11.0. The van der Waals surface area contributed by atoms with Crippen molar-refractivity contribution < 1.29 is 13.9 Å². The van der Waals surface area contributed by atoms with E-state index in [2.05, 4.69) is 20.6 Å². The monoisotopic (exact) mass is 470 g/mol. The summed E-state index contributed by atoms with van der Waals surface area (Å²) in [6, 6.07) is 16.6. The first-order chi connectivity index (χ1) is 17.0. The SMILES string of the molecule is CC(C)NC(=O)COc1cccc(-c2nc(Nc3ccc(/C(C=N)=C/N)cc3)c3occc3n2)c1. The number of anilines is 2. The molecule has 2 aromatic heterocycles. The number of nitrogens with two attached hydrogens (primary N) is 1. The summed E-state index contributed by atoms with van der Waals surface area (Å²) >= 11 is 0. The van der Waals surface area contributed by atoms with Crippen LogP contribution in [-0.2, 0) is 4.79 Å². The fourth-order valence-electron chi connectivity index (χ4n) is 3.43. The van der Waals surface area contributed by atoms with E-state index in [1.165, 1.54) is 12.4 Å². The number of allylic oxidation sites excluding steroid dienone is 1. The maximum absolute atomic E-state index is 11.9. The molecule has 35 heavy (non-hydrogen) atoms. The predicted molar refractivity (Wildman–Crippen MR) is 137 cm³/mol. The molecule has 0 aliphatic rings. The number of hydrogen-bond acceptors (Lipinski definition) is 8. The number of hydrogen-bond donors (Lipinski definition) is 4. The molecule has 0 radical (unpaired) electrons. The Bertz CT molecular complexity index is 1380. The molecule has 0 aliphatic carbocycles. The molecule has 0 atom stereocenters. The van der Waals surface area contributed by atoms with Gasteiger partial charge in [-0.2, -0.15) is 0 Å². The van der Waals surface area contributed by atoms with Crippen LogP contribution in [0.2, 0.25) is 0 Å². The Hall–Kier alpha value is -4.66. The molecule has 2 aromatic carbocycles. The minimum atomic E-state index is -0.186. The highest BCUT2D eigenvalue weighted by molar-refractivity contribution is 6.08. The third-order valence-corrected chi connectivity index (χ3v) is 5.03. The first kappa shape index (κ1) is 23.5. The van der Waals surface area contributed by atoms with Gasteiger partial charge in [0.15, 0.2) is 23.8 Å². The van der Waals surface area contributed by atoms with Gasteiger partial charge in [0.05, 0.1) is 6.26 Å². The number of benzene rings is 2. The standard InChI is InChI=1S/C26H26N6O3/c1-16(2)29-23(33)15-35-21-5-3-4-18(12-21)25-31-22-10-11-34-24(22)26(32-25)30-20-8-6-17(7-9-20)19(13-27)14-28/h3-14,16,27H,15,28H2,1-2H3,(H,29,33)(H,30,31,32)/b19-14+,27-13?. The van der Waals surface area contributed by atoms with Crippen molar-refractivity contribution in [2.75, 3.05) is 11.9 Å². The zero-order chi connectivity index (χ0) is 24.8. The average molecular weight is 471 g/mol. The van der Waals surface area contributed by atoms with Crippen LogP contribution < -0.4 is 21.1 Å². The average Bonchev–Trinajstić information content (AvgIpc) is 3.33. The lowest BCUT2D eigenvalue weighted by Gasteiger charge is -2.11. The van der Waals surface area contributed by atoms with Crippen molar-refractivity contribution in [1.82, 2.24) is 15.3 Å². The second kappa shape index (κ2) is 10.5. The van der Waals surface area contributed by atoms with Gasteiger partial charge >= 0.3 is 0 Å². The summed E-state index contributed by atoms with van der Waals surface area (Å²) in [7, 11) is 0. The minimum Gasteiger partial charge on any atom is -0.484 e. The summed E-state index contributed by atoms with van der Waals surface area (Å²) in [6.45, 7) is 3.71. The van der Waals surface area contributed by atoms with Gasteiger partial charge < -0.3 is 30.9 Å². The molecule has 0 aliphatic heterocycles. The van der Waals surface area contributed by atoms with Gasteiger partial charge in [0.2, 0.25) is 0 Å². The highest BCUT2D eigenvalue weighted by atomic mass is 16.5. The third kappa shape index (κ3) is 5.64. The molecule has 0 spiro atoms. The number of nitrogens with zero attached hydrogens (tertiary/aromatic N) is 2. The molecule has 2 heterocycles. The molecule has 0 saturated heterocycles. The number of ether oxygens (including phenoxy) is 1. The molecule has 0 saturated carbocycles. The lowest BCUT2D eigenvalue weighted by Crippen LogP contribution is -2.34. The number of rotatable bonds is 9. The third-order valence-electron chi connectivity index (χ3n) is 5.03. The first-order valence-corrected chi connectivity index (χ1v) is 11.0. The smallest absolute Gasteiger partial charge is 0.258 e. The Morgan fingerprint density at radius 2 is 1.97 bits per heavy atom. The molecule has 4 rings (SSSR count). The Morgan fingerprint density at radius 1 is 1.17 bits per heavy atom. The normalized spacial score (nSPS) is 11.5. The van der Waals surface area contributed by atoms with Crippen molar-refractivity contribution in [2.24, 2.45) is 5.73 Å². The Morgan fingerprint density at radius 3 is 2.69 bits per heavy atom. The number of aromatic nitrogens is 2. The Balaban J connectivity index is 1.59. The van der Waals surface area contributed by atoms with Crippen molar-refractivity contribution in [3.05, 3.63) is 72.6 Å². The lowest BCUT2D eigenvalue weighted by molar-refractivity contribution is -0.123. The van der Waals surface area contributed by atoms with Gasteiger partial charge in [0.25, 0.3) is 5.91 Å². The quantitative estimate of drug-likeness (QED) is 0.264. The maximum Gasteiger partial charge on any atom is 0.258 e. The van der Waals surface area contributed by atoms with Gasteiger partial charge in [-0.25, -0.2) is 9.97 Å². The van der Waals surface area contributed by atoms with Crippen LogP contribution >= 0.6 is 0 Å². The van der Waals surface area contributed by atoms with Gasteiger partial charge in [-0.15, -0.1) is 0 Å². The van der Waals surface area contributed by atoms with Crippen LogP contribution in [0.25, 0.3) is 28.1 Å². The van der Waals surface area contributed by atoms with Gasteiger partial charge in [-0.1, -0.05) is 24.3 Å². The molecule has 0 bridgehead atoms. The zero-order valence-electron chi connectivity index (χ0n) is 19.4. The number of fused-ring (bicyclic) bond motifs is 1. The van der Waals surface area contributed by atoms with Gasteiger partial charge in [-0.05, 0) is 43.7 Å². The molecular weight excluding hydrogens is 444 g/mol. The maximum atomic E-state index is 11.9. The van der Waals surface area contributed by atoms with Crippen LogP contribution in [0.5, 0.6) is 5.75 Å². The highest BCUT2D eigenvalue weighted by Crippen LogP contribution is 2.29. The Labute approximate surface area is 202 Å². The van der Waals surface area contributed by atoms with E-state index < -0.39 is 0 Å². The van der Waals surface area contributed by atoms with E-state index in [1.54, 1.807) is 24.5 Å².